The predicted octanol–water partition coefficient (Wildman–Crippen LogP) is 2.13. The average molecular weight is 161 g/mol. The van der Waals surface area contributed by atoms with Gasteiger partial charge in [-0.25, -0.2) is 0 Å². The van der Waals surface area contributed by atoms with Crippen molar-refractivity contribution in [3.63, 3.8) is 0 Å². The van der Waals surface area contributed by atoms with E-state index in [0.717, 1.165) is 19.4 Å². The Bertz CT molecular complexity index is 226. The average Bonchev–Trinajstić information content (AvgIpc) is 2.14. The summed E-state index contributed by atoms with van der Waals surface area (Å²) in [5.74, 6) is 0. The molecule has 0 aliphatic rings. The molecular formula is C11H15N. The second kappa shape index (κ2) is 5.56. The second-order valence-electron chi connectivity index (χ2n) is 2.74. The number of rotatable bonds is 4. The fourth-order valence-electron chi connectivity index (χ4n) is 1.05. The predicted molar refractivity (Wildman–Crippen MR) is 53.0 cm³/mol. The van der Waals surface area contributed by atoms with E-state index < -0.39 is 0 Å². The maximum Gasteiger partial charge on any atom is -0.00426 e. The molecule has 0 amide bonds. The Labute approximate surface area is 73.9 Å². The molecule has 0 aliphatic heterocycles. The van der Waals surface area contributed by atoms with Gasteiger partial charge in [-0.3, -0.25) is 0 Å². The Hall–Kier alpha value is -1.08. The van der Waals surface area contributed by atoms with E-state index in [-0.39, 0.29) is 0 Å². The SMILES string of the molecule is NCCC=CCc1ccccc1. The molecule has 1 aromatic rings. The minimum atomic E-state index is 0.741. The first kappa shape index (κ1) is 9.01. The molecule has 0 saturated carbocycles. The van der Waals surface area contributed by atoms with E-state index in [1.54, 1.807) is 0 Å². The van der Waals surface area contributed by atoms with Crippen LogP contribution in [0.15, 0.2) is 42.5 Å². The van der Waals surface area contributed by atoms with Gasteiger partial charge in [0.1, 0.15) is 0 Å². The standard InChI is InChI=1S/C11H15N/c12-10-6-2-5-9-11-7-3-1-4-8-11/h1-5,7-8H,6,9-10,12H2. The molecule has 0 saturated heterocycles. The van der Waals surface area contributed by atoms with Gasteiger partial charge in [-0.15, -0.1) is 0 Å². The van der Waals surface area contributed by atoms with E-state index in [1.165, 1.54) is 5.56 Å². The summed E-state index contributed by atoms with van der Waals surface area (Å²) in [6.07, 6.45) is 6.29. The zero-order valence-corrected chi connectivity index (χ0v) is 7.24. The molecule has 0 bridgehead atoms. The molecule has 0 unspecified atom stereocenters. The minimum Gasteiger partial charge on any atom is -0.330 e. The lowest BCUT2D eigenvalue weighted by Crippen LogP contribution is -1.95. The van der Waals surface area contributed by atoms with E-state index in [0.29, 0.717) is 0 Å². The third-order valence-electron chi connectivity index (χ3n) is 1.70. The van der Waals surface area contributed by atoms with Gasteiger partial charge < -0.3 is 5.73 Å². The minimum absolute atomic E-state index is 0.741. The monoisotopic (exact) mass is 161 g/mol. The molecule has 1 heteroatoms. The number of hydrogen-bond acceptors (Lipinski definition) is 1. The van der Waals surface area contributed by atoms with Crippen LogP contribution < -0.4 is 5.73 Å². The summed E-state index contributed by atoms with van der Waals surface area (Å²) in [6.45, 7) is 0.741. The van der Waals surface area contributed by atoms with Crippen molar-refractivity contribution >= 4 is 0 Å². The van der Waals surface area contributed by atoms with E-state index >= 15 is 0 Å². The molecule has 1 aromatic carbocycles. The van der Waals surface area contributed by atoms with Crippen molar-refractivity contribution in [2.45, 2.75) is 12.8 Å². The molecule has 12 heavy (non-hydrogen) atoms. The highest BCUT2D eigenvalue weighted by Crippen LogP contribution is 1.99. The van der Waals surface area contributed by atoms with E-state index in [2.05, 4.69) is 36.4 Å². The van der Waals surface area contributed by atoms with Crippen molar-refractivity contribution in [3.8, 4) is 0 Å². The Morgan fingerprint density at radius 1 is 1.08 bits per heavy atom. The third-order valence-corrected chi connectivity index (χ3v) is 1.70. The van der Waals surface area contributed by atoms with Gasteiger partial charge in [-0.2, -0.15) is 0 Å². The maximum absolute atomic E-state index is 5.36. The number of benzene rings is 1. The van der Waals surface area contributed by atoms with Crippen LogP contribution in [-0.4, -0.2) is 6.54 Å². The van der Waals surface area contributed by atoms with Gasteiger partial charge in [0, 0.05) is 0 Å². The van der Waals surface area contributed by atoms with Gasteiger partial charge in [0.2, 0.25) is 0 Å². The highest BCUT2D eigenvalue weighted by Gasteiger charge is 1.84. The largest absolute Gasteiger partial charge is 0.330 e. The molecule has 0 radical (unpaired) electrons. The zero-order chi connectivity index (χ0) is 8.65. The molecule has 0 aromatic heterocycles. The van der Waals surface area contributed by atoms with Crippen molar-refractivity contribution in [1.82, 2.24) is 0 Å². The van der Waals surface area contributed by atoms with Crippen LogP contribution in [0.1, 0.15) is 12.0 Å². The lowest BCUT2D eigenvalue weighted by Gasteiger charge is -1.93. The van der Waals surface area contributed by atoms with Crippen molar-refractivity contribution in [1.29, 1.82) is 0 Å². The molecule has 0 fully saturated rings. The van der Waals surface area contributed by atoms with Crippen LogP contribution in [0, 0.1) is 0 Å². The van der Waals surface area contributed by atoms with Gasteiger partial charge in [0.05, 0.1) is 0 Å². The van der Waals surface area contributed by atoms with Gasteiger partial charge in [-0.1, -0.05) is 42.5 Å². The first-order valence-corrected chi connectivity index (χ1v) is 4.32. The first-order chi connectivity index (χ1) is 5.93. The van der Waals surface area contributed by atoms with E-state index in [1.807, 2.05) is 6.07 Å². The first-order valence-electron chi connectivity index (χ1n) is 4.32. The molecule has 0 spiro atoms. The molecular weight excluding hydrogens is 146 g/mol. The molecule has 0 aliphatic carbocycles. The molecule has 64 valence electrons. The second-order valence-corrected chi connectivity index (χ2v) is 2.74. The Kier molecular flexibility index (Phi) is 4.17. The number of nitrogens with two attached hydrogens (primary N) is 1. The van der Waals surface area contributed by atoms with Gasteiger partial charge in [0.25, 0.3) is 0 Å². The van der Waals surface area contributed by atoms with Crippen LogP contribution >= 0.6 is 0 Å². The maximum atomic E-state index is 5.36. The summed E-state index contributed by atoms with van der Waals surface area (Å²) < 4.78 is 0. The van der Waals surface area contributed by atoms with Crippen LogP contribution in [0.2, 0.25) is 0 Å². The summed E-state index contributed by atoms with van der Waals surface area (Å²) in [4.78, 5) is 0. The molecule has 0 atom stereocenters. The summed E-state index contributed by atoms with van der Waals surface area (Å²) in [5.41, 5.74) is 6.71. The molecule has 2 N–H and O–H groups in total. The highest BCUT2D eigenvalue weighted by molar-refractivity contribution is 5.17. The van der Waals surface area contributed by atoms with Gasteiger partial charge >= 0.3 is 0 Å². The van der Waals surface area contributed by atoms with Crippen molar-refractivity contribution in [3.05, 3.63) is 48.0 Å². The Balaban J connectivity index is 2.33. The van der Waals surface area contributed by atoms with Crippen molar-refractivity contribution < 1.29 is 0 Å². The van der Waals surface area contributed by atoms with Crippen molar-refractivity contribution in [2.24, 2.45) is 5.73 Å². The zero-order valence-electron chi connectivity index (χ0n) is 7.24. The third kappa shape index (κ3) is 3.35. The molecule has 0 heterocycles. The number of allylic oxidation sites excluding steroid dienone is 1. The number of hydrogen-bond donors (Lipinski definition) is 1. The highest BCUT2D eigenvalue weighted by atomic mass is 14.5. The van der Waals surface area contributed by atoms with Crippen LogP contribution in [0.25, 0.3) is 0 Å². The quantitative estimate of drug-likeness (QED) is 0.673. The van der Waals surface area contributed by atoms with Crippen LogP contribution in [0.4, 0.5) is 0 Å². The summed E-state index contributed by atoms with van der Waals surface area (Å²) in [5, 5.41) is 0. The van der Waals surface area contributed by atoms with Gasteiger partial charge in [-0.05, 0) is 24.9 Å². The summed E-state index contributed by atoms with van der Waals surface area (Å²) in [6, 6.07) is 10.4. The smallest absolute Gasteiger partial charge is 0.00426 e. The summed E-state index contributed by atoms with van der Waals surface area (Å²) in [7, 11) is 0. The lowest BCUT2D eigenvalue weighted by atomic mass is 10.1. The Morgan fingerprint density at radius 2 is 1.83 bits per heavy atom. The van der Waals surface area contributed by atoms with Crippen LogP contribution in [0.3, 0.4) is 0 Å². The lowest BCUT2D eigenvalue weighted by molar-refractivity contribution is 1.00. The Morgan fingerprint density at radius 3 is 2.50 bits per heavy atom. The van der Waals surface area contributed by atoms with Crippen molar-refractivity contribution in [2.75, 3.05) is 6.54 Å². The fraction of sp³-hybridized carbons (Fsp3) is 0.273. The fourth-order valence-corrected chi connectivity index (χ4v) is 1.05. The normalized spacial score (nSPS) is 10.8. The topological polar surface area (TPSA) is 26.0 Å². The van der Waals surface area contributed by atoms with E-state index in [4.69, 9.17) is 5.73 Å². The van der Waals surface area contributed by atoms with Gasteiger partial charge in [0.15, 0.2) is 0 Å². The van der Waals surface area contributed by atoms with E-state index in [9.17, 15) is 0 Å². The molecule has 1 nitrogen and oxygen atoms in total. The van der Waals surface area contributed by atoms with Crippen LogP contribution in [0.5, 0.6) is 0 Å². The summed E-state index contributed by atoms with van der Waals surface area (Å²) >= 11 is 0. The molecule has 1 rings (SSSR count). The van der Waals surface area contributed by atoms with Crippen LogP contribution in [-0.2, 0) is 6.42 Å².